The molecule has 25 heavy (non-hydrogen) atoms. The number of amides is 1. The molecule has 1 amide bonds. The van der Waals surface area contributed by atoms with Gasteiger partial charge >= 0.3 is 0 Å². The number of carbonyl (C=O) groups excluding carboxylic acids is 1. The lowest BCUT2D eigenvalue weighted by Crippen LogP contribution is -2.35. The molecular formula is C18H23N5OS. The van der Waals surface area contributed by atoms with E-state index in [4.69, 9.17) is 0 Å². The molecule has 4 rings (SSSR count). The van der Waals surface area contributed by atoms with E-state index in [2.05, 4.69) is 25.8 Å². The van der Waals surface area contributed by atoms with E-state index in [9.17, 15) is 4.79 Å². The second kappa shape index (κ2) is 7.39. The van der Waals surface area contributed by atoms with E-state index in [1.54, 1.807) is 17.7 Å². The second-order valence-corrected chi connectivity index (χ2v) is 7.35. The summed E-state index contributed by atoms with van der Waals surface area (Å²) in [6.07, 6.45) is 5.10. The average Bonchev–Trinajstić information content (AvgIpc) is 3.32. The van der Waals surface area contributed by atoms with Gasteiger partial charge in [0.25, 0.3) is 5.91 Å². The maximum absolute atomic E-state index is 12.6. The Hall–Kier alpha value is -2.15. The monoisotopic (exact) mass is 357 g/mol. The van der Waals surface area contributed by atoms with Gasteiger partial charge in [-0.1, -0.05) is 0 Å². The normalized spacial score (nSPS) is 18.5. The summed E-state index contributed by atoms with van der Waals surface area (Å²) >= 11 is 1.57. The van der Waals surface area contributed by atoms with Crippen molar-refractivity contribution in [3.05, 3.63) is 34.8 Å². The summed E-state index contributed by atoms with van der Waals surface area (Å²) in [7, 11) is 0. The van der Waals surface area contributed by atoms with Crippen molar-refractivity contribution in [1.29, 1.82) is 0 Å². The predicted molar refractivity (Wildman–Crippen MR) is 101 cm³/mol. The zero-order valence-corrected chi connectivity index (χ0v) is 15.1. The van der Waals surface area contributed by atoms with Crippen LogP contribution < -0.4 is 9.80 Å². The Balaban J connectivity index is 1.44. The maximum atomic E-state index is 12.6. The van der Waals surface area contributed by atoms with E-state index in [1.807, 2.05) is 21.7 Å². The van der Waals surface area contributed by atoms with Gasteiger partial charge in [0.15, 0.2) is 0 Å². The van der Waals surface area contributed by atoms with Crippen LogP contribution in [0.1, 0.15) is 29.6 Å². The lowest BCUT2D eigenvalue weighted by Gasteiger charge is -2.24. The molecule has 0 aromatic carbocycles. The van der Waals surface area contributed by atoms with Gasteiger partial charge in [-0.3, -0.25) is 4.79 Å². The fourth-order valence-corrected chi connectivity index (χ4v) is 4.18. The van der Waals surface area contributed by atoms with E-state index in [0.29, 0.717) is 0 Å². The third kappa shape index (κ3) is 3.61. The number of thiophene rings is 1. The molecule has 0 spiro atoms. The summed E-state index contributed by atoms with van der Waals surface area (Å²) < 4.78 is 0. The summed E-state index contributed by atoms with van der Waals surface area (Å²) in [6, 6.07) is 4.00. The van der Waals surface area contributed by atoms with Crippen molar-refractivity contribution in [2.24, 2.45) is 0 Å². The first-order valence-electron chi connectivity index (χ1n) is 8.95. The molecule has 2 fully saturated rings. The molecule has 132 valence electrons. The van der Waals surface area contributed by atoms with Gasteiger partial charge < -0.3 is 14.7 Å². The first kappa shape index (κ1) is 16.3. The van der Waals surface area contributed by atoms with Crippen LogP contribution in [0.15, 0.2) is 29.2 Å². The lowest BCUT2D eigenvalue weighted by atomic mass is 10.3. The highest BCUT2D eigenvalue weighted by atomic mass is 32.1. The molecule has 0 aliphatic carbocycles. The Bertz CT molecular complexity index is 714. The lowest BCUT2D eigenvalue weighted by molar-refractivity contribution is 0.0767. The minimum atomic E-state index is 0.142. The van der Waals surface area contributed by atoms with Gasteiger partial charge in [-0.2, -0.15) is 11.3 Å². The van der Waals surface area contributed by atoms with Crippen molar-refractivity contribution in [1.82, 2.24) is 14.9 Å². The minimum absolute atomic E-state index is 0.142. The summed E-state index contributed by atoms with van der Waals surface area (Å²) in [5.74, 6) is 2.14. The Labute approximate surface area is 152 Å². The summed E-state index contributed by atoms with van der Waals surface area (Å²) in [5, 5.41) is 3.88. The third-order valence-corrected chi connectivity index (χ3v) is 5.63. The Kier molecular flexibility index (Phi) is 4.83. The largest absolute Gasteiger partial charge is 0.356 e. The minimum Gasteiger partial charge on any atom is -0.356 e. The first-order chi connectivity index (χ1) is 12.3. The van der Waals surface area contributed by atoms with E-state index in [1.165, 1.54) is 12.8 Å². The van der Waals surface area contributed by atoms with Crippen LogP contribution in [-0.4, -0.2) is 60.0 Å². The van der Waals surface area contributed by atoms with Crippen LogP contribution in [0.3, 0.4) is 0 Å². The quantitative estimate of drug-likeness (QED) is 0.845. The number of carbonyl (C=O) groups is 1. The first-order valence-corrected chi connectivity index (χ1v) is 9.89. The van der Waals surface area contributed by atoms with Crippen molar-refractivity contribution in [2.75, 3.05) is 49.1 Å². The van der Waals surface area contributed by atoms with Gasteiger partial charge in [0.2, 0.25) is 0 Å². The van der Waals surface area contributed by atoms with Crippen LogP contribution >= 0.6 is 11.3 Å². The molecule has 0 atom stereocenters. The molecule has 0 saturated carbocycles. The molecule has 0 N–H and O–H groups in total. The van der Waals surface area contributed by atoms with Crippen LogP contribution in [0.2, 0.25) is 0 Å². The number of anilines is 2. The Morgan fingerprint density at radius 2 is 1.64 bits per heavy atom. The molecule has 0 unspecified atom stereocenters. The average molecular weight is 357 g/mol. The topological polar surface area (TPSA) is 52.6 Å². The molecule has 0 bridgehead atoms. The fourth-order valence-electron chi connectivity index (χ4n) is 3.55. The molecule has 2 aromatic rings. The van der Waals surface area contributed by atoms with Crippen LogP contribution in [-0.2, 0) is 0 Å². The highest BCUT2D eigenvalue weighted by Gasteiger charge is 2.22. The summed E-state index contributed by atoms with van der Waals surface area (Å²) in [6.45, 7) is 5.43. The molecule has 7 heteroatoms. The third-order valence-electron chi connectivity index (χ3n) is 4.94. The van der Waals surface area contributed by atoms with Crippen molar-refractivity contribution in [3.8, 4) is 0 Å². The number of hydrogen-bond acceptors (Lipinski definition) is 6. The number of nitrogens with zero attached hydrogens (tertiary/aromatic N) is 5. The van der Waals surface area contributed by atoms with Crippen LogP contribution in [0, 0.1) is 0 Å². The van der Waals surface area contributed by atoms with Crippen LogP contribution in [0.25, 0.3) is 0 Å². The number of rotatable bonds is 3. The van der Waals surface area contributed by atoms with Crippen LogP contribution in [0.4, 0.5) is 11.6 Å². The zero-order chi connectivity index (χ0) is 17.1. The Morgan fingerprint density at radius 1 is 0.920 bits per heavy atom. The molecular weight excluding hydrogens is 334 g/mol. The molecule has 4 heterocycles. The van der Waals surface area contributed by atoms with E-state index >= 15 is 0 Å². The molecule has 2 aliphatic heterocycles. The maximum Gasteiger partial charge on any atom is 0.254 e. The van der Waals surface area contributed by atoms with E-state index in [-0.39, 0.29) is 5.91 Å². The van der Waals surface area contributed by atoms with E-state index in [0.717, 1.165) is 62.9 Å². The molecule has 2 aromatic heterocycles. The standard InChI is InChI=1S/C18H23N5OS/c24-18(15-4-11-25-13-15)23-8-3-7-22(9-10-23)17-12-16(19-14-20-17)21-5-1-2-6-21/h4,11-14H,1-3,5-10H2. The number of hydrogen-bond donors (Lipinski definition) is 0. The van der Waals surface area contributed by atoms with Crippen molar-refractivity contribution in [3.63, 3.8) is 0 Å². The van der Waals surface area contributed by atoms with Gasteiger partial charge in [-0.05, 0) is 30.7 Å². The predicted octanol–water partition coefficient (Wildman–Crippen LogP) is 2.49. The summed E-state index contributed by atoms with van der Waals surface area (Å²) in [5.41, 5.74) is 0.803. The van der Waals surface area contributed by atoms with Crippen molar-refractivity contribution < 1.29 is 4.79 Å². The molecule has 0 radical (unpaired) electrons. The molecule has 6 nitrogen and oxygen atoms in total. The van der Waals surface area contributed by atoms with Gasteiger partial charge in [0, 0.05) is 50.7 Å². The fraction of sp³-hybridized carbons (Fsp3) is 0.500. The van der Waals surface area contributed by atoms with Gasteiger partial charge in [-0.15, -0.1) is 0 Å². The summed E-state index contributed by atoms with van der Waals surface area (Å²) in [4.78, 5) is 28.1. The second-order valence-electron chi connectivity index (χ2n) is 6.57. The van der Waals surface area contributed by atoms with Gasteiger partial charge in [-0.25, -0.2) is 9.97 Å². The smallest absolute Gasteiger partial charge is 0.254 e. The molecule has 2 aliphatic rings. The zero-order valence-electron chi connectivity index (χ0n) is 14.3. The van der Waals surface area contributed by atoms with Crippen molar-refractivity contribution in [2.45, 2.75) is 19.3 Å². The number of aromatic nitrogens is 2. The molecule has 2 saturated heterocycles. The van der Waals surface area contributed by atoms with E-state index < -0.39 is 0 Å². The SMILES string of the molecule is O=C(c1ccsc1)N1CCCN(c2cc(N3CCCC3)ncn2)CC1. The Morgan fingerprint density at radius 3 is 2.36 bits per heavy atom. The van der Waals surface area contributed by atoms with Gasteiger partial charge in [0.05, 0.1) is 5.56 Å². The van der Waals surface area contributed by atoms with Gasteiger partial charge in [0.1, 0.15) is 18.0 Å². The van der Waals surface area contributed by atoms with Crippen LogP contribution in [0.5, 0.6) is 0 Å². The highest BCUT2D eigenvalue weighted by Crippen LogP contribution is 2.22. The van der Waals surface area contributed by atoms with Crippen molar-refractivity contribution >= 4 is 28.9 Å². The highest BCUT2D eigenvalue weighted by molar-refractivity contribution is 7.08.